The minimum atomic E-state index is -0.399. The fourth-order valence-corrected chi connectivity index (χ4v) is 4.85. The minimum Gasteiger partial charge on any atom is -0.465 e. The van der Waals surface area contributed by atoms with Gasteiger partial charge in [-0.05, 0) is 37.1 Å². The van der Waals surface area contributed by atoms with Crippen LogP contribution in [0.25, 0.3) is 0 Å². The Bertz CT molecular complexity index is 680. The quantitative estimate of drug-likeness (QED) is 0.384. The Hall–Kier alpha value is -2.22. The van der Waals surface area contributed by atoms with Gasteiger partial charge < -0.3 is 20.7 Å². The Morgan fingerprint density at radius 3 is 2.73 bits per heavy atom. The van der Waals surface area contributed by atoms with Gasteiger partial charge in [-0.1, -0.05) is 6.42 Å². The number of amides is 3. The molecule has 0 spiro atoms. The van der Waals surface area contributed by atoms with Gasteiger partial charge in [-0.25, -0.2) is 9.59 Å². The van der Waals surface area contributed by atoms with Crippen molar-refractivity contribution in [2.75, 3.05) is 18.2 Å². The number of methoxy groups -OCH3 is 1. The molecule has 2 fully saturated rings. The first-order valence-corrected chi connectivity index (χ1v) is 9.78. The lowest BCUT2D eigenvalue weighted by molar-refractivity contribution is -0.116. The van der Waals surface area contributed by atoms with Crippen molar-refractivity contribution in [1.82, 2.24) is 10.6 Å². The summed E-state index contributed by atoms with van der Waals surface area (Å²) in [5.41, 5.74) is 1.11. The van der Waals surface area contributed by atoms with Gasteiger partial charge >= 0.3 is 12.0 Å². The van der Waals surface area contributed by atoms with Crippen molar-refractivity contribution in [2.24, 2.45) is 0 Å². The van der Waals surface area contributed by atoms with E-state index in [1.165, 1.54) is 7.11 Å². The molecule has 0 aliphatic carbocycles. The fraction of sp³-hybridized carbons (Fsp3) is 0.500. The summed E-state index contributed by atoms with van der Waals surface area (Å²) in [5, 5.41) is 9.17. The summed E-state index contributed by atoms with van der Waals surface area (Å²) in [6, 6.07) is 7.02. The van der Waals surface area contributed by atoms with Crippen molar-refractivity contribution in [2.45, 2.75) is 43.0 Å². The second kappa shape index (κ2) is 8.44. The van der Waals surface area contributed by atoms with E-state index in [9.17, 15) is 14.4 Å². The lowest BCUT2D eigenvalue weighted by Crippen LogP contribution is -2.36. The first-order valence-electron chi connectivity index (χ1n) is 8.73. The molecule has 8 heteroatoms. The molecule has 3 amide bonds. The van der Waals surface area contributed by atoms with E-state index < -0.39 is 5.97 Å². The van der Waals surface area contributed by atoms with Gasteiger partial charge in [0.2, 0.25) is 5.91 Å². The number of hydrogen-bond donors (Lipinski definition) is 3. The maximum atomic E-state index is 12.0. The first-order chi connectivity index (χ1) is 12.6. The van der Waals surface area contributed by atoms with Gasteiger partial charge in [0.25, 0.3) is 0 Å². The highest BCUT2D eigenvalue weighted by Crippen LogP contribution is 2.33. The molecule has 0 radical (unpaired) electrons. The predicted octanol–water partition coefficient (Wildman–Crippen LogP) is 2.14. The number of urea groups is 1. The highest BCUT2D eigenvalue weighted by atomic mass is 32.2. The van der Waals surface area contributed by atoms with Crippen LogP contribution in [-0.2, 0) is 9.53 Å². The van der Waals surface area contributed by atoms with Crippen molar-refractivity contribution in [3.05, 3.63) is 29.8 Å². The molecule has 1 aromatic carbocycles. The van der Waals surface area contributed by atoms with Crippen molar-refractivity contribution < 1.29 is 19.1 Å². The number of fused-ring (bicyclic) bond motifs is 1. The molecular formula is C18H23N3O4S. The van der Waals surface area contributed by atoms with Crippen LogP contribution in [0.1, 0.15) is 36.0 Å². The Balaban J connectivity index is 1.35. The Morgan fingerprint density at radius 2 is 2.00 bits per heavy atom. The maximum absolute atomic E-state index is 12.0. The van der Waals surface area contributed by atoms with Crippen LogP contribution < -0.4 is 16.0 Å². The van der Waals surface area contributed by atoms with Gasteiger partial charge in [0.1, 0.15) is 0 Å². The summed E-state index contributed by atoms with van der Waals surface area (Å²) < 4.78 is 4.64. The molecule has 0 saturated carbocycles. The highest BCUT2D eigenvalue weighted by molar-refractivity contribution is 8.00. The van der Waals surface area contributed by atoms with Gasteiger partial charge in [-0.2, -0.15) is 11.8 Å². The van der Waals surface area contributed by atoms with Gasteiger partial charge in [-0.3, -0.25) is 4.79 Å². The van der Waals surface area contributed by atoms with Crippen LogP contribution in [0.2, 0.25) is 0 Å². The highest BCUT2D eigenvalue weighted by Gasteiger charge is 2.42. The number of carbonyl (C=O) groups is 3. The summed E-state index contributed by atoms with van der Waals surface area (Å²) in [4.78, 5) is 34.8. The van der Waals surface area contributed by atoms with E-state index >= 15 is 0 Å². The average molecular weight is 377 g/mol. The maximum Gasteiger partial charge on any atom is 0.337 e. The number of ether oxygens (including phenoxy) is 1. The van der Waals surface area contributed by atoms with Crippen LogP contribution >= 0.6 is 11.8 Å². The van der Waals surface area contributed by atoms with Crippen LogP contribution in [0.15, 0.2) is 24.3 Å². The topological polar surface area (TPSA) is 96.5 Å². The fourth-order valence-electron chi connectivity index (χ4n) is 3.31. The molecule has 3 rings (SSSR count). The molecule has 140 valence electrons. The van der Waals surface area contributed by atoms with Gasteiger partial charge in [0.05, 0.1) is 24.8 Å². The third-order valence-corrected chi connectivity index (χ3v) is 6.18. The number of rotatable bonds is 7. The van der Waals surface area contributed by atoms with Crippen LogP contribution in [0.3, 0.4) is 0 Å². The summed E-state index contributed by atoms with van der Waals surface area (Å²) in [7, 11) is 1.33. The predicted molar refractivity (Wildman–Crippen MR) is 100 cm³/mol. The molecular weight excluding hydrogens is 354 g/mol. The second-order valence-electron chi connectivity index (χ2n) is 6.48. The molecule has 3 atom stereocenters. The molecule has 3 unspecified atom stereocenters. The number of esters is 1. The van der Waals surface area contributed by atoms with Crippen molar-refractivity contribution in [3.63, 3.8) is 0 Å². The van der Waals surface area contributed by atoms with Gasteiger partial charge in [0, 0.05) is 23.1 Å². The minimum absolute atomic E-state index is 0.0383. The van der Waals surface area contributed by atoms with E-state index in [2.05, 4.69) is 20.7 Å². The molecule has 0 aromatic heterocycles. The Kier molecular flexibility index (Phi) is 6.03. The Morgan fingerprint density at radius 1 is 1.23 bits per heavy atom. The number of carbonyl (C=O) groups excluding carboxylic acids is 3. The standard InChI is InChI=1S/C18H23N3O4S/c1-25-17(23)11-6-8-12(9-7-11)19-15(22)5-3-2-4-14-16-13(10-26-14)20-18(24)21-16/h6-9,13-14,16H,2-5,10H2,1H3,(H,19,22)(H2,20,21,24). The molecule has 26 heavy (non-hydrogen) atoms. The summed E-state index contributed by atoms with van der Waals surface area (Å²) in [6.07, 6.45) is 3.21. The number of thioether (sulfide) groups is 1. The number of benzene rings is 1. The van der Waals surface area contributed by atoms with Crippen molar-refractivity contribution in [3.8, 4) is 0 Å². The second-order valence-corrected chi connectivity index (χ2v) is 7.76. The number of anilines is 1. The summed E-state index contributed by atoms with van der Waals surface area (Å²) in [5.74, 6) is 0.517. The van der Waals surface area contributed by atoms with Crippen molar-refractivity contribution in [1.29, 1.82) is 0 Å². The number of unbranched alkanes of at least 4 members (excludes halogenated alkanes) is 1. The van der Waals surface area contributed by atoms with Gasteiger partial charge in [-0.15, -0.1) is 0 Å². The molecule has 7 nitrogen and oxygen atoms in total. The van der Waals surface area contributed by atoms with Crippen LogP contribution in [0.4, 0.5) is 10.5 Å². The monoisotopic (exact) mass is 377 g/mol. The lowest BCUT2D eigenvalue weighted by Gasteiger charge is -2.16. The van der Waals surface area contributed by atoms with Crippen LogP contribution in [0, 0.1) is 0 Å². The van der Waals surface area contributed by atoms with E-state index in [1.807, 2.05) is 11.8 Å². The third-order valence-electron chi connectivity index (χ3n) is 4.67. The molecule has 2 aliphatic heterocycles. The van der Waals surface area contributed by atoms with E-state index in [0.29, 0.717) is 22.9 Å². The first kappa shape index (κ1) is 18.6. The van der Waals surface area contributed by atoms with Crippen LogP contribution in [0.5, 0.6) is 0 Å². The summed E-state index contributed by atoms with van der Waals surface area (Å²) in [6.45, 7) is 0. The molecule has 1 aromatic rings. The number of nitrogens with one attached hydrogen (secondary N) is 3. The van der Waals surface area contributed by atoms with E-state index in [-0.39, 0.29) is 24.0 Å². The molecule has 3 N–H and O–H groups in total. The zero-order valence-electron chi connectivity index (χ0n) is 14.6. The number of hydrogen-bond acceptors (Lipinski definition) is 5. The molecule has 2 saturated heterocycles. The SMILES string of the molecule is COC(=O)c1ccc(NC(=O)CCCCC2SCC3NC(=O)NC32)cc1. The Labute approximate surface area is 156 Å². The normalized spacial score (nSPS) is 23.7. The summed E-state index contributed by atoms with van der Waals surface area (Å²) >= 11 is 1.89. The lowest BCUT2D eigenvalue weighted by atomic mass is 10.0. The van der Waals surface area contributed by atoms with E-state index in [1.54, 1.807) is 24.3 Å². The zero-order valence-corrected chi connectivity index (χ0v) is 15.4. The van der Waals surface area contributed by atoms with E-state index in [0.717, 1.165) is 25.0 Å². The largest absolute Gasteiger partial charge is 0.465 e. The van der Waals surface area contributed by atoms with E-state index in [4.69, 9.17) is 0 Å². The third kappa shape index (κ3) is 4.49. The van der Waals surface area contributed by atoms with Crippen molar-refractivity contribution >= 4 is 35.4 Å². The average Bonchev–Trinajstić information content (AvgIpc) is 3.18. The van der Waals surface area contributed by atoms with Gasteiger partial charge in [0.15, 0.2) is 0 Å². The smallest absolute Gasteiger partial charge is 0.337 e. The molecule has 2 aliphatic rings. The van der Waals surface area contributed by atoms with Crippen LogP contribution in [-0.4, -0.2) is 48.1 Å². The zero-order chi connectivity index (χ0) is 18.5. The molecule has 2 heterocycles. The molecule has 0 bridgehead atoms.